The predicted octanol–water partition coefficient (Wildman–Crippen LogP) is 4.33. The van der Waals surface area contributed by atoms with Gasteiger partial charge in [-0.15, -0.1) is 10.2 Å². The zero-order valence-electron chi connectivity index (χ0n) is 22.4. The Labute approximate surface area is 232 Å². The molecule has 0 unspecified atom stereocenters. The van der Waals surface area contributed by atoms with E-state index in [1.165, 1.54) is 0 Å². The smallest absolute Gasteiger partial charge is 0.214 e. The average molecular weight is 538 g/mol. The van der Waals surface area contributed by atoms with E-state index in [2.05, 4.69) is 56.7 Å². The molecule has 0 amide bonds. The van der Waals surface area contributed by atoms with Gasteiger partial charge in [0.25, 0.3) is 0 Å². The van der Waals surface area contributed by atoms with Gasteiger partial charge in [0.1, 0.15) is 24.5 Å². The molecule has 1 fully saturated rings. The van der Waals surface area contributed by atoms with Crippen LogP contribution in [0.15, 0.2) is 66.7 Å². The standard InChI is InChI=1S/C30H31N7O3/c1-2-23-19-27(29-26(31-23)10-11-28(32-29)39-17-14-37-12-15-38-16-13-37)40-20-21-8-9-24(22-6-4-3-5-7-22)25(18-21)30-33-35-36-34-30/h3-11,18-19H,2,12-17,20H2,1H3,(H,33,34,35,36). The third-order valence-electron chi connectivity index (χ3n) is 6.92. The van der Waals surface area contributed by atoms with Gasteiger partial charge in [0, 0.05) is 43.0 Å². The lowest BCUT2D eigenvalue weighted by Gasteiger charge is -2.26. The number of rotatable bonds is 10. The molecule has 1 aliphatic rings. The Morgan fingerprint density at radius 3 is 2.60 bits per heavy atom. The van der Waals surface area contributed by atoms with Crippen molar-refractivity contribution in [2.75, 3.05) is 39.5 Å². The van der Waals surface area contributed by atoms with Crippen molar-refractivity contribution in [2.24, 2.45) is 0 Å². The minimum absolute atomic E-state index is 0.339. The van der Waals surface area contributed by atoms with Crippen molar-refractivity contribution < 1.29 is 14.2 Å². The molecule has 0 atom stereocenters. The van der Waals surface area contributed by atoms with E-state index in [9.17, 15) is 0 Å². The highest BCUT2D eigenvalue weighted by atomic mass is 16.5. The summed E-state index contributed by atoms with van der Waals surface area (Å²) in [5.74, 6) is 1.76. The number of aromatic nitrogens is 6. The lowest BCUT2D eigenvalue weighted by atomic mass is 9.97. The Balaban J connectivity index is 1.23. The molecule has 0 bridgehead atoms. The second-order valence-electron chi connectivity index (χ2n) is 9.56. The highest BCUT2D eigenvalue weighted by Gasteiger charge is 2.15. The van der Waals surface area contributed by atoms with Crippen LogP contribution in [0.4, 0.5) is 0 Å². The summed E-state index contributed by atoms with van der Waals surface area (Å²) in [7, 11) is 0. The fourth-order valence-electron chi connectivity index (χ4n) is 4.76. The number of ether oxygens (including phenoxy) is 3. The summed E-state index contributed by atoms with van der Waals surface area (Å²) in [6.45, 7) is 7.20. The number of tetrazole rings is 1. The Hall–Kier alpha value is -4.41. The molecule has 3 aromatic heterocycles. The lowest BCUT2D eigenvalue weighted by molar-refractivity contribution is 0.0320. The van der Waals surface area contributed by atoms with Gasteiger partial charge < -0.3 is 14.2 Å². The van der Waals surface area contributed by atoms with Crippen molar-refractivity contribution in [3.05, 3.63) is 78.0 Å². The van der Waals surface area contributed by atoms with Crippen molar-refractivity contribution in [1.82, 2.24) is 35.5 Å². The van der Waals surface area contributed by atoms with Crippen molar-refractivity contribution in [2.45, 2.75) is 20.0 Å². The summed E-state index contributed by atoms with van der Waals surface area (Å²) < 4.78 is 17.8. The molecule has 1 N–H and O–H groups in total. The quantitative estimate of drug-likeness (QED) is 0.278. The summed E-state index contributed by atoms with van der Waals surface area (Å²) in [6.07, 6.45) is 0.790. The van der Waals surface area contributed by atoms with Gasteiger partial charge in [0.15, 0.2) is 0 Å². The summed E-state index contributed by atoms with van der Waals surface area (Å²) >= 11 is 0. The van der Waals surface area contributed by atoms with E-state index in [1.54, 1.807) is 0 Å². The molecule has 1 aliphatic heterocycles. The van der Waals surface area contributed by atoms with Gasteiger partial charge >= 0.3 is 0 Å². The van der Waals surface area contributed by atoms with Crippen molar-refractivity contribution >= 4 is 11.0 Å². The number of hydrogen-bond donors (Lipinski definition) is 1. The first kappa shape index (κ1) is 25.8. The largest absolute Gasteiger partial charge is 0.486 e. The Morgan fingerprint density at radius 2 is 1.80 bits per heavy atom. The van der Waals surface area contributed by atoms with Gasteiger partial charge in [-0.25, -0.2) is 4.98 Å². The van der Waals surface area contributed by atoms with Crippen LogP contribution in [-0.4, -0.2) is 74.9 Å². The number of fused-ring (bicyclic) bond motifs is 1. The van der Waals surface area contributed by atoms with E-state index < -0.39 is 0 Å². The zero-order chi connectivity index (χ0) is 27.1. The fraction of sp³-hybridized carbons (Fsp3) is 0.300. The number of aromatic amines is 1. The van der Waals surface area contributed by atoms with Crippen LogP contribution >= 0.6 is 0 Å². The van der Waals surface area contributed by atoms with E-state index in [-0.39, 0.29) is 0 Å². The van der Waals surface area contributed by atoms with Crippen LogP contribution in [-0.2, 0) is 17.8 Å². The van der Waals surface area contributed by atoms with E-state index in [1.807, 2.05) is 42.5 Å². The predicted molar refractivity (Wildman–Crippen MR) is 151 cm³/mol. The molecule has 0 radical (unpaired) electrons. The molecule has 4 heterocycles. The number of aryl methyl sites for hydroxylation is 1. The highest BCUT2D eigenvalue weighted by molar-refractivity contribution is 5.82. The Kier molecular flexibility index (Phi) is 7.87. The molecule has 204 valence electrons. The number of pyridine rings is 2. The number of hydrogen-bond acceptors (Lipinski definition) is 9. The van der Waals surface area contributed by atoms with E-state index >= 15 is 0 Å². The maximum atomic E-state index is 6.38. The van der Waals surface area contributed by atoms with Crippen LogP contribution in [0.3, 0.4) is 0 Å². The normalized spacial score (nSPS) is 13.9. The molecular weight excluding hydrogens is 506 g/mol. The van der Waals surface area contributed by atoms with Crippen molar-refractivity contribution in [3.63, 3.8) is 0 Å². The molecule has 5 aromatic rings. The number of morpholine rings is 1. The van der Waals surface area contributed by atoms with Crippen molar-refractivity contribution in [1.29, 1.82) is 0 Å². The molecule has 0 spiro atoms. The van der Waals surface area contributed by atoms with Gasteiger partial charge in [-0.05, 0) is 40.5 Å². The van der Waals surface area contributed by atoms with E-state index in [4.69, 9.17) is 24.2 Å². The van der Waals surface area contributed by atoms with Gasteiger partial charge in [-0.2, -0.15) is 5.21 Å². The SMILES string of the molecule is CCc1cc(OCc2ccc(-c3ccccc3)c(-c3nn[nH]n3)c2)c2nc(OCCN3CCOCC3)ccc2n1. The van der Waals surface area contributed by atoms with Gasteiger partial charge in [0.05, 0.1) is 18.7 Å². The first-order valence-corrected chi connectivity index (χ1v) is 13.6. The molecule has 0 saturated carbocycles. The van der Waals surface area contributed by atoms with Crippen LogP contribution in [0.1, 0.15) is 18.2 Å². The van der Waals surface area contributed by atoms with Gasteiger partial charge in [0.2, 0.25) is 11.7 Å². The summed E-state index contributed by atoms with van der Waals surface area (Å²) in [5.41, 5.74) is 6.35. The lowest BCUT2D eigenvalue weighted by Crippen LogP contribution is -2.38. The van der Waals surface area contributed by atoms with Gasteiger partial charge in [-0.3, -0.25) is 9.88 Å². The maximum Gasteiger partial charge on any atom is 0.214 e. The number of H-pyrrole nitrogens is 1. The summed E-state index contributed by atoms with van der Waals surface area (Å²) in [6, 6.07) is 22.1. The van der Waals surface area contributed by atoms with Crippen LogP contribution in [0.5, 0.6) is 11.6 Å². The molecule has 6 rings (SSSR count). The minimum Gasteiger partial charge on any atom is -0.486 e. The third kappa shape index (κ3) is 5.93. The summed E-state index contributed by atoms with van der Waals surface area (Å²) in [4.78, 5) is 11.9. The second kappa shape index (κ2) is 12.2. The first-order chi connectivity index (χ1) is 19.8. The highest BCUT2D eigenvalue weighted by Crippen LogP contribution is 2.32. The maximum absolute atomic E-state index is 6.38. The summed E-state index contributed by atoms with van der Waals surface area (Å²) in [5, 5.41) is 14.8. The second-order valence-corrected chi connectivity index (χ2v) is 9.56. The number of nitrogens with one attached hydrogen (secondary N) is 1. The fourth-order valence-corrected chi connectivity index (χ4v) is 4.76. The minimum atomic E-state index is 0.339. The monoisotopic (exact) mass is 537 g/mol. The van der Waals surface area contributed by atoms with Crippen LogP contribution in [0.25, 0.3) is 33.5 Å². The topological polar surface area (TPSA) is 111 Å². The molecule has 1 saturated heterocycles. The van der Waals surface area contributed by atoms with Crippen LogP contribution < -0.4 is 9.47 Å². The van der Waals surface area contributed by atoms with Gasteiger partial charge in [-0.1, -0.05) is 49.4 Å². The van der Waals surface area contributed by atoms with Crippen LogP contribution in [0, 0.1) is 0 Å². The van der Waals surface area contributed by atoms with Crippen molar-refractivity contribution in [3.8, 4) is 34.1 Å². The molecule has 40 heavy (non-hydrogen) atoms. The third-order valence-corrected chi connectivity index (χ3v) is 6.92. The van der Waals surface area contributed by atoms with E-state index in [0.29, 0.717) is 36.2 Å². The zero-order valence-corrected chi connectivity index (χ0v) is 22.4. The Morgan fingerprint density at radius 1 is 0.925 bits per heavy atom. The van der Waals surface area contributed by atoms with E-state index in [0.717, 1.165) is 72.7 Å². The first-order valence-electron chi connectivity index (χ1n) is 13.6. The number of nitrogens with zero attached hydrogens (tertiary/aromatic N) is 6. The number of benzene rings is 2. The Bertz CT molecular complexity index is 1560. The average Bonchev–Trinajstić information content (AvgIpc) is 3.56. The molecule has 0 aliphatic carbocycles. The molecule has 10 heteroatoms. The van der Waals surface area contributed by atoms with Crippen LogP contribution in [0.2, 0.25) is 0 Å². The molecule has 2 aromatic carbocycles. The molecule has 10 nitrogen and oxygen atoms in total. The molecular formula is C30H31N7O3.